The maximum atomic E-state index is 11.0. The van der Waals surface area contributed by atoms with E-state index in [1.54, 1.807) is 12.3 Å². The fourth-order valence-corrected chi connectivity index (χ4v) is 2.09. The van der Waals surface area contributed by atoms with E-state index in [0.29, 0.717) is 11.3 Å². The molecule has 6 heteroatoms. The topological polar surface area (TPSA) is 72.3 Å². The second-order valence-corrected chi connectivity index (χ2v) is 4.63. The molecule has 2 aromatic heterocycles. The lowest BCUT2D eigenvalue weighted by molar-refractivity contribution is 0.0690. The molecule has 0 saturated heterocycles. The van der Waals surface area contributed by atoms with E-state index in [-0.39, 0.29) is 16.6 Å². The third-order valence-corrected chi connectivity index (χ3v) is 3.14. The zero-order valence-electron chi connectivity index (χ0n) is 10.7. The van der Waals surface area contributed by atoms with Gasteiger partial charge in [-0.15, -0.1) is 0 Å². The molecule has 5 nitrogen and oxygen atoms in total. The minimum absolute atomic E-state index is 0.0610. The number of pyridine rings is 2. The van der Waals surface area contributed by atoms with Gasteiger partial charge in [-0.1, -0.05) is 29.8 Å². The molecule has 3 rings (SSSR count). The molecule has 0 radical (unpaired) electrons. The highest BCUT2D eigenvalue weighted by Gasteiger charge is 2.13. The number of carboxylic acid groups (broad SMARTS) is 1. The number of carboxylic acids is 1. The molecule has 0 aliphatic carbocycles. The summed E-state index contributed by atoms with van der Waals surface area (Å²) >= 11 is 5.78. The number of hydrogen-bond acceptors (Lipinski definition) is 4. The summed E-state index contributed by atoms with van der Waals surface area (Å²) in [6, 6.07) is 12.2. The van der Waals surface area contributed by atoms with Crippen molar-refractivity contribution in [3.8, 4) is 11.6 Å². The number of rotatable bonds is 3. The molecule has 0 atom stereocenters. The highest BCUT2D eigenvalue weighted by molar-refractivity contribution is 6.33. The number of para-hydroxylation sites is 1. The van der Waals surface area contributed by atoms with Gasteiger partial charge in [0, 0.05) is 17.6 Å². The fraction of sp³-hybridized carbons (Fsp3) is 0. The molecule has 0 bridgehead atoms. The first-order chi connectivity index (χ1) is 10.1. The number of aromatic carboxylic acids is 1. The number of aromatic nitrogens is 2. The van der Waals surface area contributed by atoms with Gasteiger partial charge in [-0.25, -0.2) is 9.78 Å². The summed E-state index contributed by atoms with van der Waals surface area (Å²) in [4.78, 5) is 19.2. The lowest BCUT2D eigenvalue weighted by Gasteiger charge is -2.08. The standard InChI is InChI=1S/C15H9ClN2O3/c16-10-6-7-12(18-14(10)15(19)20)21-11-5-1-3-9-4-2-8-17-13(9)11/h1-8H,(H,19,20). The van der Waals surface area contributed by atoms with Crippen molar-refractivity contribution in [2.24, 2.45) is 0 Å². The van der Waals surface area contributed by atoms with Crippen LogP contribution in [-0.2, 0) is 0 Å². The number of halogens is 1. The zero-order chi connectivity index (χ0) is 14.8. The summed E-state index contributed by atoms with van der Waals surface area (Å²) in [6.07, 6.45) is 1.66. The van der Waals surface area contributed by atoms with Crippen LogP contribution < -0.4 is 4.74 Å². The first-order valence-corrected chi connectivity index (χ1v) is 6.44. The smallest absolute Gasteiger partial charge is 0.356 e. The third-order valence-electron chi connectivity index (χ3n) is 2.83. The van der Waals surface area contributed by atoms with Crippen LogP contribution in [-0.4, -0.2) is 21.0 Å². The lowest BCUT2D eigenvalue weighted by Crippen LogP contribution is -2.02. The molecule has 3 aromatic rings. The van der Waals surface area contributed by atoms with Crippen LogP contribution in [0.1, 0.15) is 10.5 Å². The maximum Gasteiger partial charge on any atom is 0.356 e. The van der Waals surface area contributed by atoms with Gasteiger partial charge in [-0.05, 0) is 18.2 Å². The number of nitrogens with zero attached hydrogens (tertiary/aromatic N) is 2. The summed E-state index contributed by atoms with van der Waals surface area (Å²) < 4.78 is 5.64. The maximum absolute atomic E-state index is 11.0. The van der Waals surface area contributed by atoms with Gasteiger partial charge in [0.15, 0.2) is 11.4 Å². The van der Waals surface area contributed by atoms with E-state index in [0.717, 1.165) is 5.39 Å². The molecule has 1 aromatic carbocycles. The highest BCUT2D eigenvalue weighted by Crippen LogP contribution is 2.28. The third kappa shape index (κ3) is 2.64. The van der Waals surface area contributed by atoms with Crippen LogP contribution in [0.15, 0.2) is 48.7 Å². The summed E-state index contributed by atoms with van der Waals surface area (Å²) in [5, 5.41) is 9.99. The van der Waals surface area contributed by atoms with Gasteiger partial charge in [0.25, 0.3) is 0 Å². The Morgan fingerprint density at radius 2 is 1.95 bits per heavy atom. The van der Waals surface area contributed by atoms with Crippen LogP contribution in [0, 0.1) is 0 Å². The van der Waals surface area contributed by atoms with Crippen molar-refractivity contribution in [2.45, 2.75) is 0 Å². The number of benzene rings is 1. The number of fused-ring (bicyclic) bond motifs is 1. The minimum atomic E-state index is -1.21. The van der Waals surface area contributed by atoms with E-state index in [9.17, 15) is 4.79 Å². The highest BCUT2D eigenvalue weighted by atomic mass is 35.5. The van der Waals surface area contributed by atoms with Crippen molar-refractivity contribution < 1.29 is 14.6 Å². The summed E-state index contributed by atoms with van der Waals surface area (Å²) in [7, 11) is 0. The molecular formula is C15H9ClN2O3. The van der Waals surface area contributed by atoms with Gasteiger partial charge in [-0.3, -0.25) is 4.98 Å². The van der Waals surface area contributed by atoms with Gasteiger partial charge in [0.2, 0.25) is 5.88 Å². The molecule has 0 aliphatic rings. The van der Waals surface area contributed by atoms with Crippen molar-refractivity contribution >= 4 is 28.5 Å². The van der Waals surface area contributed by atoms with E-state index < -0.39 is 5.97 Å². The number of carbonyl (C=O) groups is 1. The first kappa shape index (κ1) is 13.3. The largest absolute Gasteiger partial charge is 0.476 e. The first-order valence-electron chi connectivity index (χ1n) is 6.06. The predicted molar refractivity (Wildman–Crippen MR) is 78.0 cm³/mol. The average molecular weight is 301 g/mol. The van der Waals surface area contributed by atoms with Crippen molar-refractivity contribution in [3.05, 3.63) is 59.4 Å². The van der Waals surface area contributed by atoms with Crippen molar-refractivity contribution in [1.29, 1.82) is 0 Å². The fourth-order valence-electron chi connectivity index (χ4n) is 1.90. The molecule has 21 heavy (non-hydrogen) atoms. The van der Waals surface area contributed by atoms with Gasteiger partial charge in [0.05, 0.1) is 5.02 Å². The summed E-state index contributed by atoms with van der Waals surface area (Å²) in [5.41, 5.74) is 0.427. The molecule has 0 fully saturated rings. The molecule has 2 heterocycles. The SMILES string of the molecule is O=C(O)c1nc(Oc2cccc3cccnc23)ccc1Cl. The summed E-state index contributed by atoms with van der Waals surface area (Å²) in [5.74, 6) is -0.560. The Bertz CT molecular complexity index is 831. The van der Waals surface area contributed by atoms with E-state index in [4.69, 9.17) is 21.4 Å². The molecular weight excluding hydrogens is 292 g/mol. The Kier molecular flexibility index (Phi) is 3.41. The van der Waals surface area contributed by atoms with E-state index in [2.05, 4.69) is 9.97 Å². The normalized spacial score (nSPS) is 10.5. The van der Waals surface area contributed by atoms with E-state index in [1.165, 1.54) is 12.1 Å². The Labute approximate surface area is 124 Å². The second-order valence-electron chi connectivity index (χ2n) is 4.22. The van der Waals surface area contributed by atoms with Crippen LogP contribution in [0.5, 0.6) is 11.6 Å². The molecule has 0 spiro atoms. The molecule has 0 aliphatic heterocycles. The van der Waals surface area contributed by atoms with Crippen LogP contribution in [0.25, 0.3) is 10.9 Å². The van der Waals surface area contributed by atoms with Crippen molar-refractivity contribution in [2.75, 3.05) is 0 Å². The van der Waals surface area contributed by atoms with Gasteiger partial charge >= 0.3 is 5.97 Å². The lowest BCUT2D eigenvalue weighted by atomic mass is 10.2. The number of hydrogen-bond donors (Lipinski definition) is 1. The molecule has 0 amide bonds. The van der Waals surface area contributed by atoms with Crippen LogP contribution in [0.3, 0.4) is 0 Å². The minimum Gasteiger partial charge on any atom is -0.476 e. The molecule has 0 saturated carbocycles. The molecule has 104 valence electrons. The Balaban J connectivity index is 2.03. The number of ether oxygens (including phenoxy) is 1. The van der Waals surface area contributed by atoms with Crippen LogP contribution >= 0.6 is 11.6 Å². The summed E-state index contributed by atoms with van der Waals surface area (Å²) in [6.45, 7) is 0. The average Bonchev–Trinajstić information content (AvgIpc) is 2.49. The van der Waals surface area contributed by atoms with E-state index >= 15 is 0 Å². The zero-order valence-corrected chi connectivity index (χ0v) is 11.4. The Morgan fingerprint density at radius 1 is 1.14 bits per heavy atom. The quantitative estimate of drug-likeness (QED) is 0.797. The van der Waals surface area contributed by atoms with Crippen molar-refractivity contribution in [3.63, 3.8) is 0 Å². The van der Waals surface area contributed by atoms with E-state index in [1.807, 2.05) is 24.3 Å². The predicted octanol–water partition coefficient (Wildman–Crippen LogP) is 3.77. The van der Waals surface area contributed by atoms with Crippen LogP contribution in [0.2, 0.25) is 5.02 Å². The molecule has 1 N–H and O–H groups in total. The van der Waals surface area contributed by atoms with Crippen molar-refractivity contribution in [1.82, 2.24) is 9.97 Å². The van der Waals surface area contributed by atoms with Gasteiger partial charge in [0.1, 0.15) is 5.52 Å². The monoisotopic (exact) mass is 300 g/mol. The Morgan fingerprint density at radius 3 is 2.76 bits per heavy atom. The second kappa shape index (κ2) is 5.38. The van der Waals surface area contributed by atoms with Crippen LogP contribution in [0.4, 0.5) is 0 Å². The molecule has 0 unspecified atom stereocenters. The Hall–Kier alpha value is -2.66. The van der Waals surface area contributed by atoms with Gasteiger partial charge < -0.3 is 9.84 Å². The van der Waals surface area contributed by atoms with Gasteiger partial charge in [-0.2, -0.15) is 0 Å².